The van der Waals surface area contributed by atoms with Crippen LogP contribution >= 0.6 is 11.3 Å². The summed E-state index contributed by atoms with van der Waals surface area (Å²) in [6.45, 7) is 4.33. The van der Waals surface area contributed by atoms with Crippen LogP contribution in [0.4, 0.5) is 0 Å². The summed E-state index contributed by atoms with van der Waals surface area (Å²) in [5, 5.41) is 10.2. The maximum absolute atomic E-state index is 10.8. The molecule has 112 valence electrons. The molecule has 2 atom stereocenters. The number of rotatable bonds is 4. The maximum atomic E-state index is 10.8. The molecule has 3 rings (SSSR count). The Labute approximate surface area is 127 Å². The predicted octanol–water partition coefficient (Wildman–Crippen LogP) is 3.14. The first kappa shape index (κ1) is 14.5. The van der Waals surface area contributed by atoms with Gasteiger partial charge in [-0.2, -0.15) is 0 Å². The summed E-state index contributed by atoms with van der Waals surface area (Å²) < 4.78 is 6.85. The van der Waals surface area contributed by atoms with Crippen molar-refractivity contribution < 1.29 is 14.6 Å². The smallest absolute Gasteiger partial charge is 0.306 e. The fourth-order valence-electron chi connectivity index (χ4n) is 2.80. The first-order valence-electron chi connectivity index (χ1n) is 7.19. The Kier molecular flexibility index (Phi) is 4.24. The van der Waals surface area contributed by atoms with E-state index >= 15 is 0 Å². The zero-order valence-electron chi connectivity index (χ0n) is 12.0. The molecule has 2 aromatic rings. The van der Waals surface area contributed by atoms with Crippen molar-refractivity contribution in [2.24, 2.45) is 0 Å². The first-order chi connectivity index (χ1) is 10.1. The summed E-state index contributed by atoms with van der Waals surface area (Å²) in [4.78, 5) is 14.5. The van der Waals surface area contributed by atoms with Gasteiger partial charge in [-0.1, -0.05) is 18.2 Å². The quantitative estimate of drug-likeness (QED) is 0.943. The number of morpholine rings is 1. The summed E-state index contributed by atoms with van der Waals surface area (Å²) in [6.07, 6.45) is -0.122. The summed E-state index contributed by atoms with van der Waals surface area (Å²) in [5.41, 5.74) is 0. The van der Waals surface area contributed by atoms with E-state index in [0.717, 1.165) is 6.54 Å². The molecule has 1 aromatic heterocycles. The molecule has 1 aliphatic rings. The van der Waals surface area contributed by atoms with Crippen molar-refractivity contribution in [3.63, 3.8) is 0 Å². The molecule has 1 fully saturated rings. The molecule has 1 N–H and O–H groups in total. The third-order valence-corrected chi connectivity index (χ3v) is 5.26. The van der Waals surface area contributed by atoms with Gasteiger partial charge in [0.1, 0.15) is 0 Å². The Morgan fingerprint density at radius 2 is 2.33 bits per heavy atom. The highest BCUT2D eigenvalue weighted by Crippen LogP contribution is 2.33. The molecule has 0 amide bonds. The van der Waals surface area contributed by atoms with Crippen LogP contribution in [0.15, 0.2) is 30.3 Å². The Balaban J connectivity index is 1.74. The highest BCUT2D eigenvalue weighted by molar-refractivity contribution is 7.19. The van der Waals surface area contributed by atoms with Crippen LogP contribution in [0, 0.1) is 0 Å². The van der Waals surface area contributed by atoms with Gasteiger partial charge in [-0.15, -0.1) is 11.3 Å². The Bertz CT molecular complexity index is 606. The zero-order chi connectivity index (χ0) is 14.8. The topological polar surface area (TPSA) is 49.8 Å². The number of nitrogens with zero attached hydrogens (tertiary/aromatic N) is 1. The van der Waals surface area contributed by atoms with Crippen molar-refractivity contribution >= 4 is 27.4 Å². The summed E-state index contributed by atoms with van der Waals surface area (Å²) >= 11 is 1.82. The van der Waals surface area contributed by atoms with Gasteiger partial charge >= 0.3 is 5.97 Å². The molecule has 1 aliphatic heterocycles. The third kappa shape index (κ3) is 3.26. The lowest BCUT2D eigenvalue weighted by Gasteiger charge is -2.36. The lowest BCUT2D eigenvalue weighted by molar-refractivity contribution is -0.142. The number of aliphatic carboxylic acids is 1. The zero-order valence-corrected chi connectivity index (χ0v) is 12.8. The van der Waals surface area contributed by atoms with Crippen molar-refractivity contribution in [1.29, 1.82) is 0 Å². The van der Waals surface area contributed by atoms with Crippen LogP contribution in [0.25, 0.3) is 10.1 Å². The fraction of sp³-hybridized carbons (Fsp3) is 0.438. The van der Waals surface area contributed by atoms with Gasteiger partial charge in [0, 0.05) is 28.7 Å². The minimum Gasteiger partial charge on any atom is -0.481 e. The van der Waals surface area contributed by atoms with Crippen LogP contribution in [0.3, 0.4) is 0 Å². The minimum absolute atomic E-state index is 0.0790. The summed E-state index contributed by atoms with van der Waals surface area (Å²) in [6, 6.07) is 10.9. The number of carbonyl (C=O) groups is 1. The molecule has 1 saturated heterocycles. The predicted molar refractivity (Wildman–Crippen MR) is 83.8 cm³/mol. The Morgan fingerprint density at radius 3 is 3.10 bits per heavy atom. The average molecular weight is 305 g/mol. The van der Waals surface area contributed by atoms with Crippen LogP contribution < -0.4 is 0 Å². The molecule has 1 aromatic carbocycles. The second-order valence-corrected chi connectivity index (χ2v) is 6.56. The normalized spacial score (nSPS) is 21.5. The summed E-state index contributed by atoms with van der Waals surface area (Å²) in [5.74, 6) is -0.795. The standard InChI is InChI=1S/C16H19NO3S/c1-11(15-8-12-4-2-3-5-14(12)21-15)17-6-7-20-13(10-17)9-16(18)19/h2-5,8,11,13H,6-7,9-10H2,1H3,(H,18,19). The molecule has 0 aliphatic carbocycles. The number of carboxylic acids is 1. The maximum Gasteiger partial charge on any atom is 0.306 e. The van der Waals surface area contributed by atoms with E-state index in [-0.39, 0.29) is 12.5 Å². The van der Waals surface area contributed by atoms with Crippen LogP contribution in [0.2, 0.25) is 0 Å². The van der Waals surface area contributed by atoms with Crippen molar-refractivity contribution in [3.8, 4) is 0 Å². The van der Waals surface area contributed by atoms with Crippen LogP contribution in [-0.4, -0.2) is 41.8 Å². The third-order valence-electron chi connectivity index (χ3n) is 3.98. The van der Waals surface area contributed by atoms with Crippen molar-refractivity contribution in [2.75, 3.05) is 19.7 Å². The molecular weight excluding hydrogens is 286 g/mol. The fourth-order valence-corrected chi connectivity index (χ4v) is 3.95. The molecule has 0 bridgehead atoms. The largest absolute Gasteiger partial charge is 0.481 e. The SMILES string of the molecule is CC(c1cc2ccccc2s1)N1CCOC(CC(=O)O)C1. The summed E-state index contributed by atoms with van der Waals surface area (Å²) in [7, 11) is 0. The Hall–Kier alpha value is -1.43. The van der Waals surface area contributed by atoms with E-state index in [9.17, 15) is 4.79 Å². The molecule has 5 heteroatoms. The van der Waals surface area contributed by atoms with Gasteiger partial charge in [-0.05, 0) is 24.4 Å². The van der Waals surface area contributed by atoms with E-state index in [4.69, 9.17) is 9.84 Å². The van der Waals surface area contributed by atoms with Gasteiger partial charge in [-0.3, -0.25) is 9.69 Å². The highest BCUT2D eigenvalue weighted by Gasteiger charge is 2.27. The average Bonchev–Trinajstić information content (AvgIpc) is 2.90. The molecule has 0 saturated carbocycles. The van der Waals surface area contributed by atoms with Gasteiger partial charge < -0.3 is 9.84 Å². The molecule has 21 heavy (non-hydrogen) atoms. The molecule has 2 unspecified atom stereocenters. The molecule has 2 heterocycles. The van der Waals surface area contributed by atoms with Gasteiger partial charge in [-0.25, -0.2) is 0 Å². The van der Waals surface area contributed by atoms with E-state index in [1.807, 2.05) is 11.3 Å². The van der Waals surface area contributed by atoms with Gasteiger partial charge in [0.25, 0.3) is 0 Å². The van der Waals surface area contributed by atoms with E-state index in [1.165, 1.54) is 15.0 Å². The Morgan fingerprint density at radius 1 is 1.52 bits per heavy atom. The number of hydrogen-bond donors (Lipinski definition) is 1. The molecule has 0 radical (unpaired) electrons. The highest BCUT2D eigenvalue weighted by atomic mass is 32.1. The van der Waals surface area contributed by atoms with Crippen molar-refractivity contribution in [3.05, 3.63) is 35.2 Å². The van der Waals surface area contributed by atoms with Gasteiger partial charge in [0.2, 0.25) is 0 Å². The van der Waals surface area contributed by atoms with Crippen LogP contribution in [0.1, 0.15) is 24.3 Å². The van der Waals surface area contributed by atoms with E-state index in [2.05, 4.69) is 42.2 Å². The number of ether oxygens (including phenoxy) is 1. The lowest BCUT2D eigenvalue weighted by atomic mass is 10.1. The molecule has 0 spiro atoms. The number of fused-ring (bicyclic) bond motifs is 1. The molecule has 4 nitrogen and oxygen atoms in total. The second kappa shape index (κ2) is 6.13. The van der Waals surface area contributed by atoms with E-state index in [0.29, 0.717) is 19.2 Å². The second-order valence-electron chi connectivity index (χ2n) is 5.45. The number of thiophene rings is 1. The van der Waals surface area contributed by atoms with Gasteiger partial charge in [0.05, 0.1) is 19.1 Å². The van der Waals surface area contributed by atoms with Gasteiger partial charge in [0.15, 0.2) is 0 Å². The van der Waals surface area contributed by atoms with Crippen molar-refractivity contribution in [1.82, 2.24) is 4.90 Å². The van der Waals surface area contributed by atoms with E-state index in [1.54, 1.807) is 0 Å². The lowest BCUT2D eigenvalue weighted by Crippen LogP contribution is -2.44. The monoisotopic (exact) mass is 305 g/mol. The van der Waals surface area contributed by atoms with Crippen molar-refractivity contribution in [2.45, 2.75) is 25.5 Å². The first-order valence-corrected chi connectivity index (χ1v) is 8.01. The van der Waals surface area contributed by atoms with Crippen LogP contribution in [-0.2, 0) is 9.53 Å². The number of hydrogen-bond acceptors (Lipinski definition) is 4. The molecular formula is C16H19NO3S. The van der Waals surface area contributed by atoms with E-state index < -0.39 is 5.97 Å². The van der Waals surface area contributed by atoms with Crippen LogP contribution in [0.5, 0.6) is 0 Å². The minimum atomic E-state index is -0.795. The number of benzene rings is 1. The number of carboxylic acid groups (broad SMARTS) is 1.